The number of nitrogens with one attached hydrogen (secondary N) is 1. The van der Waals surface area contributed by atoms with E-state index >= 15 is 0 Å². The Hall–Kier alpha value is -2.47. The van der Waals surface area contributed by atoms with Gasteiger partial charge in [0.1, 0.15) is 6.10 Å². The quantitative estimate of drug-likeness (QED) is 0.678. The summed E-state index contributed by atoms with van der Waals surface area (Å²) in [6, 6.07) is 6.77. The van der Waals surface area contributed by atoms with Crippen LogP contribution in [-0.4, -0.2) is 30.9 Å². The predicted octanol–water partition coefficient (Wildman–Crippen LogP) is 2.12. The average molecular weight is 328 g/mol. The Kier molecular flexibility index (Phi) is 4.49. The summed E-state index contributed by atoms with van der Waals surface area (Å²) in [4.78, 5) is 38.4. The van der Waals surface area contributed by atoms with Crippen LogP contribution in [0, 0.1) is 11.8 Å². The number of carbonyl (C=O) groups is 3. The van der Waals surface area contributed by atoms with Gasteiger partial charge < -0.3 is 10.1 Å². The molecule has 1 aromatic rings. The molecule has 24 heavy (non-hydrogen) atoms. The van der Waals surface area contributed by atoms with Gasteiger partial charge in [0.05, 0.1) is 17.5 Å². The van der Waals surface area contributed by atoms with Crippen LogP contribution in [0.4, 0.5) is 11.4 Å². The SMILES string of the molecule is COC(C)C(=O)Nc1cccc(N2C(=O)C3CC=CCC3C2=O)c1. The van der Waals surface area contributed by atoms with E-state index in [1.807, 2.05) is 12.2 Å². The van der Waals surface area contributed by atoms with Crippen LogP contribution in [0.25, 0.3) is 0 Å². The number of hydrogen-bond acceptors (Lipinski definition) is 4. The Morgan fingerprint density at radius 3 is 2.42 bits per heavy atom. The number of nitrogens with zero attached hydrogens (tertiary/aromatic N) is 1. The summed E-state index contributed by atoms with van der Waals surface area (Å²) in [7, 11) is 1.46. The van der Waals surface area contributed by atoms with Crippen molar-refractivity contribution in [3.63, 3.8) is 0 Å². The lowest BCUT2D eigenvalue weighted by molar-refractivity contribution is -0.125. The predicted molar refractivity (Wildman–Crippen MR) is 89.4 cm³/mol. The molecule has 126 valence electrons. The summed E-state index contributed by atoms with van der Waals surface area (Å²) in [6.45, 7) is 1.64. The van der Waals surface area contributed by atoms with E-state index in [0.717, 1.165) is 0 Å². The highest BCUT2D eigenvalue weighted by molar-refractivity contribution is 6.22. The van der Waals surface area contributed by atoms with Gasteiger partial charge in [0.15, 0.2) is 0 Å². The van der Waals surface area contributed by atoms with E-state index in [9.17, 15) is 14.4 Å². The van der Waals surface area contributed by atoms with Crippen molar-refractivity contribution in [1.82, 2.24) is 0 Å². The lowest BCUT2D eigenvalue weighted by Gasteiger charge is -2.17. The van der Waals surface area contributed by atoms with Gasteiger partial charge in [-0.2, -0.15) is 0 Å². The standard InChI is InChI=1S/C18H20N2O4/c1-11(24-2)16(21)19-12-6-5-7-13(10-12)20-17(22)14-8-3-4-9-15(14)18(20)23/h3-7,10-11,14-15H,8-9H2,1-2H3,(H,19,21). The third-order valence-corrected chi connectivity index (χ3v) is 4.60. The van der Waals surface area contributed by atoms with Gasteiger partial charge in [0.25, 0.3) is 5.91 Å². The van der Waals surface area contributed by atoms with Gasteiger partial charge in [0.2, 0.25) is 11.8 Å². The van der Waals surface area contributed by atoms with E-state index in [0.29, 0.717) is 24.2 Å². The maximum Gasteiger partial charge on any atom is 0.253 e. The van der Waals surface area contributed by atoms with Gasteiger partial charge in [-0.3, -0.25) is 14.4 Å². The molecule has 0 bridgehead atoms. The molecule has 1 fully saturated rings. The Labute approximate surface area is 140 Å². The number of anilines is 2. The molecular formula is C18H20N2O4. The molecule has 1 aliphatic heterocycles. The maximum atomic E-state index is 12.6. The van der Waals surface area contributed by atoms with Crippen molar-refractivity contribution in [2.75, 3.05) is 17.3 Å². The first-order valence-electron chi connectivity index (χ1n) is 7.99. The number of amides is 3. The molecule has 6 nitrogen and oxygen atoms in total. The fourth-order valence-electron chi connectivity index (χ4n) is 3.13. The van der Waals surface area contributed by atoms with Crippen molar-refractivity contribution in [2.45, 2.75) is 25.9 Å². The molecule has 1 saturated heterocycles. The first-order valence-corrected chi connectivity index (χ1v) is 7.99. The molecular weight excluding hydrogens is 308 g/mol. The lowest BCUT2D eigenvalue weighted by Crippen LogP contribution is -2.31. The second kappa shape index (κ2) is 6.57. The molecule has 1 N–H and O–H groups in total. The first-order chi connectivity index (χ1) is 11.5. The normalized spacial score (nSPS) is 24.0. The van der Waals surface area contributed by atoms with Gasteiger partial charge in [-0.1, -0.05) is 18.2 Å². The van der Waals surface area contributed by atoms with Crippen LogP contribution in [0.5, 0.6) is 0 Å². The number of methoxy groups -OCH3 is 1. The molecule has 3 atom stereocenters. The summed E-state index contributed by atoms with van der Waals surface area (Å²) >= 11 is 0. The Balaban J connectivity index is 1.83. The minimum atomic E-state index is -0.586. The summed E-state index contributed by atoms with van der Waals surface area (Å²) in [5.41, 5.74) is 1.01. The van der Waals surface area contributed by atoms with Gasteiger partial charge in [-0.15, -0.1) is 0 Å². The molecule has 2 aliphatic rings. The van der Waals surface area contributed by atoms with Crippen LogP contribution >= 0.6 is 0 Å². The zero-order valence-electron chi connectivity index (χ0n) is 13.7. The van der Waals surface area contributed by atoms with E-state index in [1.165, 1.54) is 12.0 Å². The molecule has 3 amide bonds. The van der Waals surface area contributed by atoms with E-state index in [4.69, 9.17) is 4.74 Å². The van der Waals surface area contributed by atoms with Crippen molar-refractivity contribution in [3.8, 4) is 0 Å². The molecule has 6 heteroatoms. The summed E-state index contributed by atoms with van der Waals surface area (Å²) in [5, 5.41) is 2.72. The minimum Gasteiger partial charge on any atom is -0.372 e. The van der Waals surface area contributed by atoms with E-state index < -0.39 is 6.10 Å². The fraction of sp³-hybridized carbons (Fsp3) is 0.389. The molecule has 1 aromatic carbocycles. The van der Waals surface area contributed by atoms with Crippen LogP contribution in [0.1, 0.15) is 19.8 Å². The number of rotatable bonds is 4. The van der Waals surface area contributed by atoms with Crippen molar-refractivity contribution < 1.29 is 19.1 Å². The third-order valence-electron chi connectivity index (χ3n) is 4.60. The second-order valence-corrected chi connectivity index (χ2v) is 6.09. The number of allylic oxidation sites excluding steroid dienone is 2. The maximum absolute atomic E-state index is 12.6. The number of imide groups is 1. The molecule has 1 aliphatic carbocycles. The number of hydrogen-bond donors (Lipinski definition) is 1. The monoisotopic (exact) mass is 328 g/mol. The van der Waals surface area contributed by atoms with E-state index in [-0.39, 0.29) is 29.6 Å². The zero-order valence-corrected chi connectivity index (χ0v) is 13.7. The Morgan fingerprint density at radius 2 is 1.83 bits per heavy atom. The van der Waals surface area contributed by atoms with Crippen molar-refractivity contribution in [1.29, 1.82) is 0 Å². The second-order valence-electron chi connectivity index (χ2n) is 6.09. The molecule has 1 heterocycles. The number of ether oxygens (including phenoxy) is 1. The molecule has 0 spiro atoms. The smallest absolute Gasteiger partial charge is 0.253 e. The number of fused-ring (bicyclic) bond motifs is 1. The van der Waals surface area contributed by atoms with Gasteiger partial charge in [-0.25, -0.2) is 4.90 Å². The third kappa shape index (κ3) is 2.85. The highest BCUT2D eigenvalue weighted by atomic mass is 16.5. The molecule has 0 saturated carbocycles. The van der Waals surface area contributed by atoms with Crippen LogP contribution < -0.4 is 10.2 Å². The van der Waals surface area contributed by atoms with Crippen molar-refractivity contribution in [2.24, 2.45) is 11.8 Å². The lowest BCUT2D eigenvalue weighted by atomic mass is 9.85. The van der Waals surface area contributed by atoms with Crippen LogP contribution in [0.2, 0.25) is 0 Å². The molecule has 0 aromatic heterocycles. The molecule has 3 rings (SSSR count). The number of benzene rings is 1. The van der Waals surface area contributed by atoms with Gasteiger partial charge in [0, 0.05) is 12.8 Å². The van der Waals surface area contributed by atoms with Crippen LogP contribution in [0.3, 0.4) is 0 Å². The Morgan fingerprint density at radius 1 is 1.21 bits per heavy atom. The average Bonchev–Trinajstić information content (AvgIpc) is 2.86. The summed E-state index contributed by atoms with van der Waals surface area (Å²) in [5.74, 6) is -1.15. The first kappa shape index (κ1) is 16.4. The van der Waals surface area contributed by atoms with Crippen molar-refractivity contribution >= 4 is 29.1 Å². The van der Waals surface area contributed by atoms with Crippen molar-refractivity contribution in [3.05, 3.63) is 36.4 Å². The zero-order chi connectivity index (χ0) is 17.3. The highest BCUT2D eigenvalue weighted by Crippen LogP contribution is 2.38. The van der Waals surface area contributed by atoms with Gasteiger partial charge >= 0.3 is 0 Å². The van der Waals surface area contributed by atoms with E-state index in [1.54, 1.807) is 31.2 Å². The molecule has 0 radical (unpaired) electrons. The van der Waals surface area contributed by atoms with Gasteiger partial charge in [-0.05, 0) is 38.0 Å². The van der Waals surface area contributed by atoms with Crippen LogP contribution in [0.15, 0.2) is 36.4 Å². The largest absolute Gasteiger partial charge is 0.372 e. The summed E-state index contributed by atoms with van der Waals surface area (Å²) < 4.78 is 4.97. The summed E-state index contributed by atoms with van der Waals surface area (Å²) in [6.07, 6.45) is 4.54. The van der Waals surface area contributed by atoms with E-state index in [2.05, 4.69) is 5.32 Å². The number of carbonyl (C=O) groups excluding carboxylic acids is 3. The minimum absolute atomic E-state index is 0.164. The molecule has 3 unspecified atom stereocenters. The fourth-order valence-corrected chi connectivity index (χ4v) is 3.13. The highest BCUT2D eigenvalue weighted by Gasteiger charge is 2.47. The Bertz CT molecular complexity index is 687. The topological polar surface area (TPSA) is 75.7 Å². The van der Waals surface area contributed by atoms with Crippen LogP contribution in [-0.2, 0) is 19.1 Å².